The van der Waals surface area contributed by atoms with Crippen LogP contribution in [-0.4, -0.2) is 16.2 Å². The molecular formula is C13H26OSi. The van der Waals surface area contributed by atoms with Crippen LogP contribution in [0.3, 0.4) is 0 Å². The molecule has 1 nitrogen and oxygen atoms in total. The molecule has 0 aliphatic heterocycles. The zero-order chi connectivity index (χ0) is 10.5. The van der Waals surface area contributed by atoms with Crippen LogP contribution in [0, 0.1) is 0 Å². The van der Waals surface area contributed by atoms with Crippen molar-refractivity contribution in [3.8, 4) is 0 Å². The summed E-state index contributed by atoms with van der Waals surface area (Å²) in [7, 11) is 1.12. The molecule has 0 heterocycles. The summed E-state index contributed by atoms with van der Waals surface area (Å²) >= 11 is 0. The van der Waals surface area contributed by atoms with E-state index in [2.05, 4.69) is 0 Å². The van der Waals surface area contributed by atoms with Crippen molar-refractivity contribution in [2.24, 2.45) is 0 Å². The molecule has 2 heteroatoms. The summed E-state index contributed by atoms with van der Waals surface area (Å²) in [6.07, 6.45) is 14.8. The Morgan fingerprint density at radius 2 is 1.13 bits per heavy atom. The van der Waals surface area contributed by atoms with Crippen molar-refractivity contribution in [2.45, 2.75) is 75.3 Å². The van der Waals surface area contributed by atoms with E-state index in [9.17, 15) is 0 Å². The van der Waals surface area contributed by atoms with Gasteiger partial charge in [-0.15, -0.1) is 0 Å². The summed E-state index contributed by atoms with van der Waals surface area (Å²) in [5, 5.41) is 0. The van der Waals surface area contributed by atoms with Crippen LogP contribution < -0.4 is 0 Å². The van der Waals surface area contributed by atoms with E-state index in [1.807, 2.05) is 7.11 Å². The summed E-state index contributed by atoms with van der Waals surface area (Å²) < 4.78 is 5.97. The second-order valence-corrected chi connectivity index (χ2v) is 8.78. The molecule has 0 unspecified atom stereocenters. The Hall–Kier alpha value is 0.177. The summed E-state index contributed by atoms with van der Waals surface area (Å²) in [6.45, 7) is 0. The van der Waals surface area contributed by atoms with E-state index in [0.29, 0.717) is 0 Å². The first-order valence-corrected chi connectivity index (χ1v) is 8.75. The first-order chi connectivity index (χ1) is 7.42. The quantitative estimate of drug-likeness (QED) is 0.660. The van der Waals surface area contributed by atoms with Gasteiger partial charge in [0.1, 0.15) is 0 Å². The Kier molecular flexibility index (Phi) is 4.70. The van der Waals surface area contributed by atoms with Crippen LogP contribution in [0.25, 0.3) is 0 Å². The molecule has 0 aromatic rings. The average molecular weight is 226 g/mol. The zero-order valence-electron chi connectivity index (χ0n) is 10.2. The van der Waals surface area contributed by atoms with Crippen molar-refractivity contribution in [1.82, 2.24) is 0 Å². The lowest BCUT2D eigenvalue weighted by Crippen LogP contribution is -2.32. The molecule has 0 radical (unpaired) electrons. The van der Waals surface area contributed by atoms with E-state index in [-0.39, 0.29) is 0 Å². The molecule has 0 bridgehead atoms. The lowest BCUT2D eigenvalue weighted by atomic mass is 9.99. The first-order valence-electron chi connectivity index (χ1n) is 6.94. The van der Waals surface area contributed by atoms with Gasteiger partial charge in [-0.1, -0.05) is 64.2 Å². The highest BCUT2D eigenvalue weighted by Gasteiger charge is 2.33. The van der Waals surface area contributed by atoms with Crippen LogP contribution in [0.5, 0.6) is 0 Å². The van der Waals surface area contributed by atoms with E-state index in [1.54, 1.807) is 0 Å². The van der Waals surface area contributed by atoms with Gasteiger partial charge < -0.3 is 4.43 Å². The van der Waals surface area contributed by atoms with Crippen molar-refractivity contribution in [3.63, 3.8) is 0 Å². The Morgan fingerprint density at radius 3 is 1.47 bits per heavy atom. The Bertz CT molecular complexity index is 153. The largest absolute Gasteiger partial charge is 0.423 e. The minimum absolute atomic E-state index is 0.876. The molecule has 88 valence electrons. The molecule has 0 spiro atoms. The molecule has 2 aliphatic carbocycles. The Labute approximate surface area is 96.3 Å². The topological polar surface area (TPSA) is 9.23 Å². The summed E-state index contributed by atoms with van der Waals surface area (Å²) in [6, 6.07) is 0. The molecule has 2 saturated carbocycles. The van der Waals surface area contributed by atoms with Gasteiger partial charge in [0.2, 0.25) is 0 Å². The van der Waals surface area contributed by atoms with Gasteiger partial charge >= 0.3 is 0 Å². The second-order valence-electron chi connectivity index (χ2n) is 5.50. The van der Waals surface area contributed by atoms with E-state index >= 15 is 0 Å². The molecule has 0 N–H and O–H groups in total. The second kappa shape index (κ2) is 6.05. The van der Waals surface area contributed by atoms with Gasteiger partial charge in [0.15, 0.2) is 9.04 Å². The highest BCUT2D eigenvalue weighted by atomic mass is 28.3. The average Bonchev–Trinajstić information content (AvgIpc) is 2.33. The zero-order valence-corrected chi connectivity index (χ0v) is 11.4. The van der Waals surface area contributed by atoms with E-state index in [0.717, 1.165) is 11.1 Å². The molecule has 0 amide bonds. The minimum atomic E-state index is -0.876. The molecule has 2 aliphatic rings. The maximum atomic E-state index is 5.97. The van der Waals surface area contributed by atoms with Gasteiger partial charge in [-0.05, 0) is 11.1 Å². The van der Waals surface area contributed by atoms with E-state index in [1.165, 1.54) is 64.2 Å². The lowest BCUT2D eigenvalue weighted by molar-refractivity contribution is 0.346. The van der Waals surface area contributed by atoms with Gasteiger partial charge in [-0.3, -0.25) is 0 Å². The van der Waals surface area contributed by atoms with Crippen LogP contribution in [0.4, 0.5) is 0 Å². The highest BCUT2D eigenvalue weighted by molar-refractivity contribution is 6.55. The van der Waals surface area contributed by atoms with Crippen LogP contribution in [-0.2, 0) is 4.43 Å². The fourth-order valence-electron chi connectivity index (χ4n) is 3.70. The molecule has 2 rings (SSSR count). The standard InChI is InChI=1S/C13H26OSi/c1-14-15(12-8-4-2-5-9-12)13-10-6-3-7-11-13/h12-13,15H,2-11H2,1H3. The van der Waals surface area contributed by atoms with Gasteiger partial charge in [-0.2, -0.15) is 0 Å². The Morgan fingerprint density at radius 1 is 0.733 bits per heavy atom. The molecule has 15 heavy (non-hydrogen) atoms. The first kappa shape index (κ1) is 11.7. The van der Waals surface area contributed by atoms with Crippen molar-refractivity contribution < 1.29 is 4.43 Å². The van der Waals surface area contributed by atoms with Crippen LogP contribution >= 0.6 is 0 Å². The van der Waals surface area contributed by atoms with E-state index < -0.39 is 9.04 Å². The van der Waals surface area contributed by atoms with Crippen molar-refractivity contribution in [3.05, 3.63) is 0 Å². The van der Waals surface area contributed by atoms with Crippen molar-refractivity contribution in [1.29, 1.82) is 0 Å². The number of hydrogen-bond donors (Lipinski definition) is 0. The van der Waals surface area contributed by atoms with Crippen molar-refractivity contribution in [2.75, 3.05) is 7.11 Å². The van der Waals surface area contributed by atoms with E-state index in [4.69, 9.17) is 4.43 Å². The number of rotatable bonds is 3. The maximum absolute atomic E-state index is 5.97. The predicted octanol–water partition coefficient (Wildman–Crippen LogP) is 4.03. The normalized spacial score (nSPS) is 26.0. The summed E-state index contributed by atoms with van der Waals surface area (Å²) in [5.74, 6) is 0. The third-order valence-corrected chi connectivity index (χ3v) is 8.24. The monoisotopic (exact) mass is 226 g/mol. The van der Waals surface area contributed by atoms with Gasteiger partial charge in [-0.25, -0.2) is 0 Å². The Balaban J connectivity index is 1.88. The molecule has 0 saturated heterocycles. The molecule has 0 aromatic heterocycles. The van der Waals surface area contributed by atoms with Gasteiger partial charge in [0, 0.05) is 7.11 Å². The maximum Gasteiger partial charge on any atom is 0.182 e. The summed E-state index contributed by atoms with van der Waals surface area (Å²) in [4.78, 5) is 0. The molecule has 0 atom stereocenters. The van der Waals surface area contributed by atoms with Gasteiger partial charge in [0.25, 0.3) is 0 Å². The third kappa shape index (κ3) is 3.07. The molecule has 0 aromatic carbocycles. The predicted molar refractivity (Wildman–Crippen MR) is 67.8 cm³/mol. The number of hydrogen-bond acceptors (Lipinski definition) is 1. The van der Waals surface area contributed by atoms with Crippen LogP contribution in [0.15, 0.2) is 0 Å². The van der Waals surface area contributed by atoms with Crippen LogP contribution in [0.2, 0.25) is 11.1 Å². The molecule has 2 fully saturated rings. The van der Waals surface area contributed by atoms with Gasteiger partial charge in [0.05, 0.1) is 0 Å². The smallest absolute Gasteiger partial charge is 0.182 e. The lowest BCUT2D eigenvalue weighted by Gasteiger charge is -2.35. The SMILES string of the molecule is CO[SiH](C1CCCCC1)C1CCCCC1. The van der Waals surface area contributed by atoms with Crippen molar-refractivity contribution >= 4 is 9.04 Å². The minimum Gasteiger partial charge on any atom is -0.423 e. The van der Waals surface area contributed by atoms with Crippen LogP contribution in [0.1, 0.15) is 64.2 Å². The highest BCUT2D eigenvalue weighted by Crippen LogP contribution is 2.41. The third-order valence-electron chi connectivity index (χ3n) is 4.50. The fraction of sp³-hybridized carbons (Fsp3) is 1.00. The fourth-order valence-corrected chi connectivity index (χ4v) is 7.49. The summed E-state index contributed by atoms with van der Waals surface area (Å²) in [5.41, 5.74) is 2.04. The molecular weight excluding hydrogens is 200 g/mol.